The summed E-state index contributed by atoms with van der Waals surface area (Å²) < 4.78 is 0. The van der Waals surface area contributed by atoms with Gasteiger partial charge in [0.05, 0.1) is 10.7 Å². The molecule has 0 radical (unpaired) electrons. The van der Waals surface area contributed by atoms with Crippen LogP contribution in [0.1, 0.15) is 25.3 Å². The molecule has 0 fully saturated rings. The van der Waals surface area contributed by atoms with Crippen molar-refractivity contribution in [1.82, 2.24) is 0 Å². The number of amides is 1. The molecule has 4 nitrogen and oxygen atoms in total. The number of rotatable bonds is 5. The summed E-state index contributed by atoms with van der Waals surface area (Å²) in [6.07, 6.45) is 0.145. The van der Waals surface area contributed by atoms with Crippen molar-refractivity contribution in [2.45, 2.75) is 26.7 Å². The Bertz CT molecular complexity index is 439. The van der Waals surface area contributed by atoms with E-state index in [2.05, 4.69) is 5.32 Å². The minimum atomic E-state index is -0.899. The SMILES string of the molecule is Cc1cccc(Cl)c1NC(=O)CC(C)CC(=O)O. The number of benzene rings is 1. The third kappa shape index (κ3) is 4.37. The van der Waals surface area contributed by atoms with E-state index in [9.17, 15) is 9.59 Å². The molecule has 5 heteroatoms. The van der Waals surface area contributed by atoms with E-state index in [1.807, 2.05) is 13.0 Å². The van der Waals surface area contributed by atoms with Crippen LogP contribution in [-0.2, 0) is 9.59 Å². The maximum Gasteiger partial charge on any atom is 0.303 e. The van der Waals surface area contributed by atoms with Gasteiger partial charge >= 0.3 is 5.97 Å². The van der Waals surface area contributed by atoms with Crippen LogP contribution in [0.5, 0.6) is 0 Å². The lowest BCUT2D eigenvalue weighted by Gasteiger charge is -2.12. The van der Waals surface area contributed by atoms with E-state index < -0.39 is 5.97 Å². The number of aliphatic carboxylic acids is 1. The Balaban J connectivity index is 2.62. The fourth-order valence-electron chi connectivity index (χ4n) is 1.67. The second kappa shape index (κ2) is 6.40. The number of carboxylic acid groups (broad SMARTS) is 1. The van der Waals surface area contributed by atoms with Crippen LogP contribution in [0.4, 0.5) is 5.69 Å². The molecule has 18 heavy (non-hydrogen) atoms. The van der Waals surface area contributed by atoms with Gasteiger partial charge in [0, 0.05) is 12.8 Å². The molecule has 0 saturated heterocycles. The molecule has 0 saturated carbocycles. The molecule has 1 amide bonds. The third-order valence-electron chi connectivity index (χ3n) is 2.54. The van der Waals surface area contributed by atoms with Gasteiger partial charge in [0.2, 0.25) is 5.91 Å². The highest BCUT2D eigenvalue weighted by molar-refractivity contribution is 6.33. The highest BCUT2D eigenvalue weighted by Crippen LogP contribution is 2.25. The average Bonchev–Trinajstić information content (AvgIpc) is 2.22. The molecule has 98 valence electrons. The summed E-state index contributed by atoms with van der Waals surface area (Å²) in [4.78, 5) is 22.3. The zero-order valence-electron chi connectivity index (χ0n) is 10.4. The number of carbonyl (C=O) groups is 2. The maximum absolute atomic E-state index is 11.7. The third-order valence-corrected chi connectivity index (χ3v) is 2.86. The first-order chi connectivity index (χ1) is 8.40. The van der Waals surface area contributed by atoms with Crippen molar-refractivity contribution < 1.29 is 14.7 Å². The smallest absolute Gasteiger partial charge is 0.303 e. The van der Waals surface area contributed by atoms with Gasteiger partial charge in [-0.3, -0.25) is 9.59 Å². The molecule has 1 aromatic carbocycles. The van der Waals surface area contributed by atoms with Gasteiger partial charge in [-0.15, -0.1) is 0 Å². The van der Waals surface area contributed by atoms with Crippen LogP contribution in [0.3, 0.4) is 0 Å². The van der Waals surface area contributed by atoms with E-state index in [4.69, 9.17) is 16.7 Å². The molecule has 1 unspecified atom stereocenters. The summed E-state index contributed by atoms with van der Waals surface area (Å²) >= 11 is 5.99. The van der Waals surface area contributed by atoms with Crippen molar-refractivity contribution in [1.29, 1.82) is 0 Å². The van der Waals surface area contributed by atoms with Crippen molar-refractivity contribution >= 4 is 29.2 Å². The fraction of sp³-hybridized carbons (Fsp3) is 0.385. The Morgan fingerprint density at radius 1 is 1.39 bits per heavy atom. The van der Waals surface area contributed by atoms with Crippen LogP contribution in [0.2, 0.25) is 5.02 Å². The molecule has 0 aliphatic heterocycles. The van der Waals surface area contributed by atoms with Crippen LogP contribution >= 0.6 is 11.6 Å². The van der Waals surface area contributed by atoms with Crippen LogP contribution in [-0.4, -0.2) is 17.0 Å². The van der Waals surface area contributed by atoms with E-state index in [0.717, 1.165) is 5.56 Å². The van der Waals surface area contributed by atoms with Gasteiger partial charge in [0.1, 0.15) is 0 Å². The first-order valence-electron chi connectivity index (χ1n) is 5.67. The zero-order valence-corrected chi connectivity index (χ0v) is 11.1. The van der Waals surface area contributed by atoms with E-state index in [-0.39, 0.29) is 24.7 Å². The molecule has 1 rings (SSSR count). The number of anilines is 1. The van der Waals surface area contributed by atoms with Gasteiger partial charge in [0.25, 0.3) is 0 Å². The second-order valence-electron chi connectivity index (χ2n) is 4.39. The Kier molecular flexibility index (Phi) is 5.16. The lowest BCUT2D eigenvalue weighted by Crippen LogP contribution is -2.17. The van der Waals surface area contributed by atoms with Crippen LogP contribution in [0, 0.1) is 12.8 Å². The van der Waals surface area contributed by atoms with Gasteiger partial charge < -0.3 is 10.4 Å². The monoisotopic (exact) mass is 269 g/mol. The molecule has 0 aliphatic rings. The van der Waals surface area contributed by atoms with E-state index in [0.29, 0.717) is 10.7 Å². The van der Waals surface area contributed by atoms with E-state index in [1.54, 1.807) is 19.1 Å². The van der Waals surface area contributed by atoms with Crippen molar-refractivity contribution in [3.63, 3.8) is 0 Å². The number of hydrogen-bond donors (Lipinski definition) is 2. The van der Waals surface area contributed by atoms with Crippen LogP contribution in [0.15, 0.2) is 18.2 Å². The molecule has 0 bridgehead atoms. The first-order valence-corrected chi connectivity index (χ1v) is 6.04. The molecule has 2 N–H and O–H groups in total. The summed E-state index contributed by atoms with van der Waals surface area (Å²) in [5.41, 5.74) is 1.47. The molecule has 0 aromatic heterocycles. The summed E-state index contributed by atoms with van der Waals surface area (Å²) in [6, 6.07) is 5.35. The van der Waals surface area contributed by atoms with Crippen molar-refractivity contribution in [2.75, 3.05) is 5.32 Å². The van der Waals surface area contributed by atoms with E-state index >= 15 is 0 Å². The lowest BCUT2D eigenvalue weighted by molar-refractivity contribution is -0.138. The molecule has 0 spiro atoms. The molecular formula is C13H16ClNO3. The standard InChI is InChI=1S/C13H16ClNO3/c1-8(7-12(17)18)6-11(16)15-13-9(2)4-3-5-10(13)14/h3-5,8H,6-7H2,1-2H3,(H,15,16)(H,17,18). The maximum atomic E-state index is 11.7. The van der Waals surface area contributed by atoms with Crippen LogP contribution in [0.25, 0.3) is 0 Å². The largest absolute Gasteiger partial charge is 0.481 e. The molecular weight excluding hydrogens is 254 g/mol. The van der Waals surface area contributed by atoms with Gasteiger partial charge in [-0.25, -0.2) is 0 Å². The van der Waals surface area contributed by atoms with Gasteiger partial charge in [0.15, 0.2) is 0 Å². The quantitative estimate of drug-likeness (QED) is 0.863. The average molecular weight is 270 g/mol. The number of aryl methyl sites for hydroxylation is 1. The van der Waals surface area contributed by atoms with Gasteiger partial charge in [-0.2, -0.15) is 0 Å². The zero-order chi connectivity index (χ0) is 13.7. The highest BCUT2D eigenvalue weighted by Gasteiger charge is 2.14. The molecule has 1 aromatic rings. The Morgan fingerprint density at radius 2 is 2.06 bits per heavy atom. The van der Waals surface area contributed by atoms with Gasteiger partial charge in [-0.1, -0.05) is 30.7 Å². The Labute approximate surface area is 111 Å². The van der Waals surface area contributed by atoms with Crippen molar-refractivity contribution in [3.8, 4) is 0 Å². The fourth-order valence-corrected chi connectivity index (χ4v) is 1.94. The Morgan fingerprint density at radius 3 is 2.61 bits per heavy atom. The number of carbonyl (C=O) groups excluding carboxylic acids is 1. The molecule has 1 atom stereocenters. The molecule has 0 heterocycles. The minimum Gasteiger partial charge on any atom is -0.481 e. The number of nitrogens with one attached hydrogen (secondary N) is 1. The lowest BCUT2D eigenvalue weighted by atomic mass is 10.0. The topological polar surface area (TPSA) is 66.4 Å². The number of carboxylic acids is 1. The van der Waals surface area contributed by atoms with Crippen molar-refractivity contribution in [2.24, 2.45) is 5.92 Å². The Hall–Kier alpha value is -1.55. The minimum absolute atomic E-state index is 0.0189. The predicted molar refractivity (Wildman–Crippen MR) is 70.9 cm³/mol. The van der Waals surface area contributed by atoms with Crippen LogP contribution < -0.4 is 5.32 Å². The summed E-state index contributed by atoms with van der Waals surface area (Å²) in [6.45, 7) is 3.58. The predicted octanol–water partition coefficient (Wildman–Crippen LogP) is 3.09. The number of para-hydroxylation sites is 1. The number of hydrogen-bond acceptors (Lipinski definition) is 2. The summed E-state index contributed by atoms with van der Waals surface area (Å²) in [5.74, 6) is -1.32. The second-order valence-corrected chi connectivity index (χ2v) is 4.79. The number of halogens is 1. The van der Waals surface area contributed by atoms with Crippen molar-refractivity contribution in [3.05, 3.63) is 28.8 Å². The normalized spacial score (nSPS) is 11.9. The highest BCUT2D eigenvalue weighted by atomic mass is 35.5. The summed E-state index contributed by atoms with van der Waals surface area (Å²) in [5, 5.41) is 11.8. The van der Waals surface area contributed by atoms with E-state index in [1.165, 1.54) is 0 Å². The molecule has 0 aliphatic carbocycles. The first kappa shape index (κ1) is 14.5. The van der Waals surface area contributed by atoms with Gasteiger partial charge in [-0.05, 0) is 24.5 Å². The summed E-state index contributed by atoms with van der Waals surface area (Å²) in [7, 11) is 0.